The van der Waals surface area contributed by atoms with E-state index in [2.05, 4.69) is 0 Å². The van der Waals surface area contributed by atoms with Crippen LogP contribution in [0.2, 0.25) is 0 Å². The van der Waals surface area contributed by atoms with Crippen molar-refractivity contribution in [2.24, 2.45) is 0 Å². The van der Waals surface area contributed by atoms with Gasteiger partial charge in [-0.25, -0.2) is 0 Å². The molecule has 1 atom stereocenters. The maximum atomic E-state index is 11.8. The third kappa shape index (κ3) is 5.38. The van der Waals surface area contributed by atoms with Crippen molar-refractivity contribution in [1.29, 1.82) is 0 Å². The number of benzene rings is 4. The lowest BCUT2D eigenvalue weighted by Gasteiger charge is -2.17. The molecular formula is C24H19O6PS2. The Bertz CT molecular complexity index is 1530. The summed E-state index contributed by atoms with van der Waals surface area (Å²) in [6, 6.07) is 27.2. The van der Waals surface area contributed by atoms with Crippen LogP contribution in [0.25, 0.3) is 22.3 Å². The first-order chi connectivity index (χ1) is 15.6. The van der Waals surface area contributed by atoms with Crippen LogP contribution < -0.4 is 10.6 Å². The zero-order chi connectivity index (χ0) is 23.6. The number of rotatable bonds is 6. The van der Waals surface area contributed by atoms with Gasteiger partial charge in [-0.3, -0.25) is 9.11 Å². The summed E-state index contributed by atoms with van der Waals surface area (Å²) < 4.78 is 66.0. The molecule has 0 aliphatic rings. The van der Waals surface area contributed by atoms with E-state index in [1.807, 2.05) is 42.5 Å². The van der Waals surface area contributed by atoms with E-state index in [0.717, 1.165) is 10.6 Å². The highest BCUT2D eigenvalue weighted by Crippen LogP contribution is 2.35. The van der Waals surface area contributed by atoms with Crippen molar-refractivity contribution in [1.82, 2.24) is 0 Å². The van der Waals surface area contributed by atoms with Gasteiger partial charge in [0, 0.05) is 0 Å². The molecule has 0 fully saturated rings. The molecule has 168 valence electrons. The molecule has 0 radical (unpaired) electrons. The monoisotopic (exact) mass is 498 g/mol. The van der Waals surface area contributed by atoms with Gasteiger partial charge in [0.05, 0.1) is 9.79 Å². The van der Waals surface area contributed by atoms with Crippen LogP contribution in [-0.4, -0.2) is 25.9 Å². The highest BCUT2D eigenvalue weighted by atomic mass is 32.2. The largest absolute Gasteiger partial charge is 0.294 e. The van der Waals surface area contributed by atoms with E-state index < -0.39 is 20.2 Å². The molecule has 0 aliphatic heterocycles. The zero-order valence-electron chi connectivity index (χ0n) is 17.1. The Balaban J connectivity index is 1.98. The maximum absolute atomic E-state index is 11.8. The van der Waals surface area contributed by atoms with Gasteiger partial charge in [0.1, 0.15) is 0 Å². The van der Waals surface area contributed by atoms with Crippen molar-refractivity contribution < 1.29 is 25.9 Å². The molecule has 0 aliphatic carbocycles. The van der Waals surface area contributed by atoms with Gasteiger partial charge in [0.15, 0.2) is 0 Å². The van der Waals surface area contributed by atoms with Crippen molar-refractivity contribution in [3.63, 3.8) is 0 Å². The van der Waals surface area contributed by atoms with Crippen LogP contribution in [0.3, 0.4) is 0 Å². The van der Waals surface area contributed by atoms with Crippen molar-refractivity contribution in [3.8, 4) is 22.3 Å². The summed E-state index contributed by atoms with van der Waals surface area (Å²) in [4.78, 5) is -0.482. The predicted octanol–water partition coefficient (Wildman–Crippen LogP) is 4.14. The second-order valence-corrected chi connectivity index (χ2v) is 11.4. The number of hydrogen-bond acceptors (Lipinski definition) is 4. The van der Waals surface area contributed by atoms with Crippen LogP contribution in [0.15, 0.2) is 107 Å². The van der Waals surface area contributed by atoms with Crippen molar-refractivity contribution >= 4 is 39.4 Å². The first-order valence-electron chi connectivity index (χ1n) is 9.74. The average molecular weight is 499 g/mol. The molecule has 0 aromatic heterocycles. The summed E-state index contributed by atoms with van der Waals surface area (Å²) in [5.41, 5.74) is 2.46. The normalized spacial score (nSPS) is 12.3. The summed E-state index contributed by atoms with van der Waals surface area (Å²) >= 11 is 0. The highest BCUT2D eigenvalue weighted by molar-refractivity contribution is 7.86. The summed E-state index contributed by atoms with van der Waals surface area (Å²) in [6.07, 6.45) is 0. The second kappa shape index (κ2) is 9.17. The molecule has 0 amide bonds. The van der Waals surface area contributed by atoms with Crippen LogP contribution >= 0.6 is 8.58 Å². The zero-order valence-corrected chi connectivity index (χ0v) is 19.7. The first-order valence-corrected chi connectivity index (χ1v) is 13.6. The van der Waals surface area contributed by atoms with E-state index in [1.54, 1.807) is 24.3 Å². The van der Waals surface area contributed by atoms with Crippen LogP contribution in [-0.2, 0) is 20.2 Å². The fourth-order valence-electron chi connectivity index (χ4n) is 3.52. The molecular weight excluding hydrogens is 479 g/mol. The Morgan fingerprint density at radius 2 is 1.12 bits per heavy atom. The van der Waals surface area contributed by atoms with E-state index in [4.69, 9.17) is 0 Å². The van der Waals surface area contributed by atoms with E-state index in [1.165, 1.54) is 30.3 Å². The van der Waals surface area contributed by atoms with Gasteiger partial charge in [0.2, 0.25) is 0 Å². The fraction of sp³-hybridized carbons (Fsp3) is 0. The van der Waals surface area contributed by atoms with E-state index in [0.29, 0.717) is 22.3 Å². The van der Waals surface area contributed by atoms with Crippen LogP contribution in [0.1, 0.15) is 0 Å². The quantitative estimate of drug-likeness (QED) is 0.306. The third-order valence-electron chi connectivity index (χ3n) is 4.98. The molecule has 0 heterocycles. The van der Waals surface area contributed by atoms with E-state index >= 15 is 0 Å². The topological polar surface area (TPSA) is 109 Å². The lowest BCUT2D eigenvalue weighted by Crippen LogP contribution is -2.08. The van der Waals surface area contributed by atoms with Gasteiger partial charge in [-0.15, -0.1) is 0 Å². The Morgan fingerprint density at radius 1 is 0.576 bits per heavy atom. The van der Waals surface area contributed by atoms with Gasteiger partial charge in [0.25, 0.3) is 20.2 Å². The Kier molecular flexibility index (Phi) is 6.47. The predicted molar refractivity (Wildman–Crippen MR) is 131 cm³/mol. The molecule has 2 N–H and O–H groups in total. The SMILES string of the molecule is O=S(=O)(O)c1cccc(-c2cccc(Pc3ccccc3)c2-c2cccc(S(=O)(=O)O)c2)c1. The molecule has 33 heavy (non-hydrogen) atoms. The molecule has 0 bridgehead atoms. The smallest absolute Gasteiger partial charge is 0.282 e. The Labute approximate surface area is 194 Å². The summed E-state index contributed by atoms with van der Waals surface area (Å²) in [7, 11) is -8.59. The first kappa shape index (κ1) is 23.3. The molecule has 6 nitrogen and oxygen atoms in total. The Morgan fingerprint density at radius 3 is 1.73 bits per heavy atom. The van der Waals surface area contributed by atoms with Crippen LogP contribution in [0.5, 0.6) is 0 Å². The van der Waals surface area contributed by atoms with Gasteiger partial charge < -0.3 is 0 Å². The van der Waals surface area contributed by atoms with Crippen LogP contribution in [0, 0.1) is 0 Å². The molecule has 1 unspecified atom stereocenters. The minimum absolute atomic E-state index is 0.233. The minimum Gasteiger partial charge on any atom is -0.282 e. The van der Waals surface area contributed by atoms with Crippen molar-refractivity contribution in [2.45, 2.75) is 9.79 Å². The van der Waals surface area contributed by atoms with Crippen molar-refractivity contribution in [3.05, 3.63) is 97.1 Å². The lowest BCUT2D eigenvalue weighted by molar-refractivity contribution is 0.481. The summed E-state index contributed by atoms with van der Waals surface area (Å²) in [5.74, 6) is 0. The average Bonchev–Trinajstić information content (AvgIpc) is 2.79. The molecule has 9 heteroatoms. The molecule has 0 saturated heterocycles. The van der Waals surface area contributed by atoms with Gasteiger partial charge >= 0.3 is 0 Å². The highest BCUT2D eigenvalue weighted by Gasteiger charge is 2.18. The van der Waals surface area contributed by atoms with Gasteiger partial charge in [-0.05, 0) is 57.1 Å². The standard InChI is InChI=1S/C24H19O6PS2/c25-32(26,27)20-11-4-7-17(15-20)22-13-6-14-23(31-19-9-2-1-3-10-19)24(22)18-8-5-12-21(16-18)33(28,29)30/h1-16,31H,(H,25,26,27)(H,28,29,30). The molecule has 0 spiro atoms. The van der Waals surface area contributed by atoms with Crippen LogP contribution in [0.4, 0.5) is 0 Å². The summed E-state index contributed by atoms with van der Waals surface area (Å²) in [5, 5.41) is 1.97. The third-order valence-corrected chi connectivity index (χ3v) is 7.99. The maximum Gasteiger partial charge on any atom is 0.294 e. The lowest BCUT2D eigenvalue weighted by atomic mass is 9.94. The van der Waals surface area contributed by atoms with E-state index in [-0.39, 0.29) is 18.4 Å². The molecule has 0 saturated carbocycles. The Hall–Kier alpha value is -2.87. The minimum atomic E-state index is -4.42. The molecule has 4 aromatic carbocycles. The van der Waals surface area contributed by atoms with Gasteiger partial charge in [-0.2, -0.15) is 16.8 Å². The van der Waals surface area contributed by atoms with E-state index in [9.17, 15) is 25.9 Å². The molecule has 4 aromatic rings. The van der Waals surface area contributed by atoms with Crippen molar-refractivity contribution in [2.75, 3.05) is 0 Å². The molecule has 4 rings (SSSR count). The fourth-order valence-corrected chi connectivity index (χ4v) is 5.83. The summed E-state index contributed by atoms with van der Waals surface area (Å²) in [6.45, 7) is 0. The number of hydrogen-bond donors (Lipinski definition) is 2. The second-order valence-electron chi connectivity index (χ2n) is 7.22. The van der Waals surface area contributed by atoms with Gasteiger partial charge in [-0.1, -0.05) is 81.4 Å².